The number of imidazole rings is 1. The van der Waals surface area contributed by atoms with Crippen LogP contribution in [0, 0.1) is 0 Å². The van der Waals surface area contributed by atoms with Gasteiger partial charge in [0, 0.05) is 19.3 Å². The molecule has 0 bridgehead atoms. The standard InChI is InChI=1S/C19H18N6O/c26-11-19(18-23-14-3-1-2-4-15(14)24-18)6-9-25(10-7-19)17-13-5-8-20-16(13)21-12-22-17/h1-5,8,11-12H,6-7,9-10H2,(H,23,24)(H,20,21,22). The number of carbonyl (C=O) groups excluding carboxylic acids is 1. The number of carbonyl (C=O) groups is 1. The molecule has 3 aromatic heterocycles. The van der Waals surface area contributed by atoms with Gasteiger partial charge in [0.2, 0.25) is 0 Å². The van der Waals surface area contributed by atoms with Crippen molar-refractivity contribution in [2.24, 2.45) is 0 Å². The number of rotatable bonds is 3. The molecule has 1 aliphatic heterocycles. The van der Waals surface area contributed by atoms with Crippen molar-refractivity contribution >= 4 is 34.2 Å². The summed E-state index contributed by atoms with van der Waals surface area (Å²) >= 11 is 0. The molecule has 7 heteroatoms. The van der Waals surface area contributed by atoms with E-state index in [4.69, 9.17) is 0 Å². The molecular formula is C19H18N6O. The molecular weight excluding hydrogens is 328 g/mol. The largest absolute Gasteiger partial charge is 0.356 e. The first-order valence-electron chi connectivity index (χ1n) is 8.74. The molecule has 0 aliphatic carbocycles. The minimum Gasteiger partial charge on any atom is -0.356 e. The smallest absolute Gasteiger partial charge is 0.142 e. The second-order valence-electron chi connectivity index (χ2n) is 6.80. The maximum Gasteiger partial charge on any atom is 0.142 e. The number of aldehydes is 1. The second-order valence-corrected chi connectivity index (χ2v) is 6.80. The summed E-state index contributed by atoms with van der Waals surface area (Å²) in [6, 6.07) is 9.87. The van der Waals surface area contributed by atoms with Crippen molar-refractivity contribution in [2.45, 2.75) is 18.3 Å². The lowest BCUT2D eigenvalue weighted by Crippen LogP contribution is -2.44. The Hall–Kier alpha value is -3.22. The fourth-order valence-electron chi connectivity index (χ4n) is 3.83. The number of aromatic nitrogens is 5. The van der Waals surface area contributed by atoms with E-state index in [9.17, 15) is 4.79 Å². The third-order valence-corrected chi connectivity index (χ3v) is 5.37. The number of hydrogen-bond acceptors (Lipinski definition) is 5. The molecule has 26 heavy (non-hydrogen) atoms. The first-order chi connectivity index (χ1) is 12.8. The Morgan fingerprint density at radius 3 is 2.77 bits per heavy atom. The lowest BCUT2D eigenvalue weighted by molar-refractivity contribution is -0.113. The summed E-state index contributed by atoms with van der Waals surface area (Å²) in [5.41, 5.74) is 2.13. The zero-order valence-corrected chi connectivity index (χ0v) is 14.1. The van der Waals surface area contributed by atoms with Crippen molar-refractivity contribution < 1.29 is 4.79 Å². The Labute approximate surface area is 149 Å². The van der Waals surface area contributed by atoms with Crippen molar-refractivity contribution in [3.05, 3.63) is 48.7 Å². The fraction of sp³-hybridized carbons (Fsp3) is 0.263. The van der Waals surface area contributed by atoms with Crippen LogP contribution in [0.25, 0.3) is 22.1 Å². The Kier molecular flexibility index (Phi) is 3.28. The molecule has 1 saturated heterocycles. The number of nitrogens with one attached hydrogen (secondary N) is 2. The number of aromatic amines is 2. The van der Waals surface area contributed by atoms with Crippen LogP contribution >= 0.6 is 0 Å². The molecule has 130 valence electrons. The van der Waals surface area contributed by atoms with E-state index in [0.29, 0.717) is 12.8 Å². The quantitative estimate of drug-likeness (QED) is 0.556. The minimum absolute atomic E-state index is 0.570. The first-order valence-corrected chi connectivity index (χ1v) is 8.74. The van der Waals surface area contributed by atoms with Crippen LogP contribution in [0.3, 0.4) is 0 Å². The molecule has 7 nitrogen and oxygen atoms in total. The molecule has 1 fully saturated rings. The minimum atomic E-state index is -0.570. The monoisotopic (exact) mass is 346 g/mol. The first kappa shape index (κ1) is 15.1. The molecule has 0 unspecified atom stereocenters. The molecule has 0 atom stereocenters. The summed E-state index contributed by atoms with van der Waals surface area (Å²) in [7, 11) is 0. The van der Waals surface area contributed by atoms with Crippen LogP contribution in [-0.4, -0.2) is 44.3 Å². The van der Waals surface area contributed by atoms with Crippen molar-refractivity contribution in [1.29, 1.82) is 0 Å². The van der Waals surface area contributed by atoms with Gasteiger partial charge >= 0.3 is 0 Å². The number of piperidine rings is 1. The average molecular weight is 346 g/mol. The predicted molar refractivity (Wildman–Crippen MR) is 99.2 cm³/mol. The van der Waals surface area contributed by atoms with Crippen molar-refractivity contribution in [3.8, 4) is 0 Å². The normalized spacial score (nSPS) is 17.0. The third kappa shape index (κ3) is 2.20. The Morgan fingerprint density at radius 2 is 1.96 bits per heavy atom. The van der Waals surface area contributed by atoms with E-state index >= 15 is 0 Å². The summed E-state index contributed by atoms with van der Waals surface area (Å²) in [5, 5.41) is 1.01. The van der Waals surface area contributed by atoms with Gasteiger partial charge in [-0.05, 0) is 31.0 Å². The molecule has 4 heterocycles. The Morgan fingerprint density at radius 1 is 1.12 bits per heavy atom. The van der Waals surface area contributed by atoms with E-state index in [1.54, 1.807) is 6.33 Å². The third-order valence-electron chi connectivity index (χ3n) is 5.37. The number of H-pyrrole nitrogens is 2. The molecule has 4 aromatic rings. The summed E-state index contributed by atoms with van der Waals surface area (Å²) < 4.78 is 0. The Balaban J connectivity index is 1.46. The Bertz CT molecular complexity index is 1060. The highest BCUT2D eigenvalue weighted by Gasteiger charge is 2.39. The average Bonchev–Trinajstić information content (AvgIpc) is 3.34. The maximum atomic E-state index is 12.1. The van der Waals surface area contributed by atoms with Crippen LogP contribution in [0.15, 0.2) is 42.9 Å². The van der Waals surface area contributed by atoms with Crippen LogP contribution in [-0.2, 0) is 10.2 Å². The number of hydrogen-bond donors (Lipinski definition) is 2. The van der Waals surface area contributed by atoms with Gasteiger partial charge in [0.05, 0.1) is 21.8 Å². The highest BCUT2D eigenvalue weighted by molar-refractivity contribution is 5.87. The van der Waals surface area contributed by atoms with Crippen LogP contribution in [0.5, 0.6) is 0 Å². The second kappa shape index (κ2) is 5.66. The number of para-hydroxylation sites is 2. The summed E-state index contributed by atoms with van der Waals surface area (Å²) in [4.78, 5) is 34.2. The lowest BCUT2D eigenvalue weighted by atomic mass is 9.79. The van der Waals surface area contributed by atoms with Gasteiger partial charge < -0.3 is 19.7 Å². The van der Waals surface area contributed by atoms with Gasteiger partial charge in [-0.25, -0.2) is 15.0 Å². The van der Waals surface area contributed by atoms with E-state index in [1.165, 1.54) is 0 Å². The topological polar surface area (TPSA) is 90.6 Å². The van der Waals surface area contributed by atoms with Crippen LogP contribution in [0.2, 0.25) is 0 Å². The number of fused-ring (bicyclic) bond motifs is 2. The SMILES string of the molecule is O=CC1(c2nc3ccccc3[nH]2)CCN(c2ncnc3[nH]ccc23)CC1. The molecule has 0 spiro atoms. The number of anilines is 1. The number of benzene rings is 1. The zero-order valence-electron chi connectivity index (χ0n) is 14.1. The molecule has 1 aromatic carbocycles. The van der Waals surface area contributed by atoms with E-state index in [-0.39, 0.29) is 0 Å². The molecule has 0 amide bonds. The van der Waals surface area contributed by atoms with E-state index in [2.05, 4.69) is 29.8 Å². The molecule has 0 radical (unpaired) electrons. The van der Waals surface area contributed by atoms with Crippen molar-refractivity contribution in [3.63, 3.8) is 0 Å². The predicted octanol–water partition coefficient (Wildman–Crippen LogP) is 2.57. The van der Waals surface area contributed by atoms with E-state index < -0.39 is 5.41 Å². The highest BCUT2D eigenvalue weighted by Crippen LogP contribution is 2.35. The van der Waals surface area contributed by atoms with Crippen molar-refractivity contribution in [2.75, 3.05) is 18.0 Å². The van der Waals surface area contributed by atoms with Gasteiger partial charge in [0.25, 0.3) is 0 Å². The summed E-state index contributed by atoms with van der Waals surface area (Å²) in [5.74, 6) is 1.68. The van der Waals surface area contributed by atoms with Crippen LogP contribution < -0.4 is 4.90 Å². The van der Waals surface area contributed by atoms with Gasteiger partial charge in [-0.2, -0.15) is 0 Å². The summed E-state index contributed by atoms with van der Waals surface area (Å²) in [6.45, 7) is 1.49. The van der Waals surface area contributed by atoms with E-state index in [0.717, 1.165) is 53.1 Å². The molecule has 1 aliphatic rings. The van der Waals surface area contributed by atoms with Gasteiger partial charge in [-0.15, -0.1) is 0 Å². The lowest BCUT2D eigenvalue weighted by Gasteiger charge is -2.37. The van der Waals surface area contributed by atoms with Gasteiger partial charge in [0.1, 0.15) is 29.9 Å². The highest BCUT2D eigenvalue weighted by atomic mass is 16.1. The van der Waals surface area contributed by atoms with Gasteiger partial charge in [0.15, 0.2) is 0 Å². The van der Waals surface area contributed by atoms with E-state index in [1.807, 2.05) is 36.5 Å². The molecule has 0 saturated carbocycles. The zero-order chi connectivity index (χ0) is 17.6. The van der Waals surface area contributed by atoms with Gasteiger partial charge in [-0.1, -0.05) is 12.1 Å². The molecule has 2 N–H and O–H groups in total. The number of nitrogens with zero attached hydrogens (tertiary/aromatic N) is 4. The van der Waals surface area contributed by atoms with Crippen molar-refractivity contribution in [1.82, 2.24) is 24.9 Å². The maximum absolute atomic E-state index is 12.1. The van der Waals surface area contributed by atoms with Gasteiger partial charge in [-0.3, -0.25) is 0 Å². The molecule has 5 rings (SSSR count). The summed E-state index contributed by atoms with van der Waals surface area (Å²) in [6.07, 6.45) is 5.91. The fourth-order valence-corrected chi connectivity index (χ4v) is 3.83. The van der Waals surface area contributed by atoms with Crippen LogP contribution in [0.1, 0.15) is 18.7 Å². The van der Waals surface area contributed by atoms with Crippen LogP contribution in [0.4, 0.5) is 5.82 Å².